The van der Waals surface area contributed by atoms with E-state index in [0.717, 1.165) is 17.7 Å². The molecule has 10 nitrogen and oxygen atoms in total. The molecule has 2 amide bonds. The molecule has 2 aliphatic rings. The Bertz CT molecular complexity index is 888. The minimum absolute atomic E-state index is 0.0822. The summed E-state index contributed by atoms with van der Waals surface area (Å²) in [4.78, 5) is 31.9. The number of nitrogens with zero attached hydrogens (tertiary/aromatic N) is 2. The van der Waals surface area contributed by atoms with E-state index in [1.165, 1.54) is 6.92 Å². The number of oxime groups is 1. The number of aliphatic hydroxyl groups is 3. The highest BCUT2D eigenvalue weighted by atomic mass is 16.8. The van der Waals surface area contributed by atoms with Crippen molar-refractivity contribution < 1.29 is 34.5 Å². The molecule has 32 heavy (non-hydrogen) atoms. The number of hydrogen-bond acceptors (Lipinski definition) is 8. The van der Waals surface area contributed by atoms with Crippen molar-refractivity contribution in [2.24, 2.45) is 11.1 Å². The number of aliphatic hydroxyl groups excluding tert-OH is 3. The average Bonchev–Trinajstić information content (AvgIpc) is 2.99. The Labute approximate surface area is 186 Å². The maximum atomic E-state index is 13.1. The molecule has 3 rings (SSSR count). The number of carbonyl (C=O) groups is 2. The second-order valence-electron chi connectivity index (χ2n) is 8.64. The van der Waals surface area contributed by atoms with Gasteiger partial charge in [-0.15, -0.1) is 0 Å². The molecule has 1 saturated heterocycles. The van der Waals surface area contributed by atoms with Gasteiger partial charge in [-0.05, 0) is 31.4 Å². The molecule has 0 aliphatic carbocycles. The molecular weight excluding hydrogens is 418 g/mol. The van der Waals surface area contributed by atoms with Gasteiger partial charge in [0.15, 0.2) is 5.71 Å². The highest BCUT2D eigenvalue weighted by Gasteiger charge is 2.46. The van der Waals surface area contributed by atoms with Gasteiger partial charge >= 0.3 is 0 Å². The fourth-order valence-corrected chi connectivity index (χ4v) is 3.79. The molecule has 0 unspecified atom stereocenters. The zero-order valence-electron chi connectivity index (χ0n) is 18.7. The maximum Gasteiger partial charge on any atom is 0.281 e. The first kappa shape index (κ1) is 24.1. The fraction of sp³-hybridized carbons (Fsp3) is 0.591. The van der Waals surface area contributed by atoms with Gasteiger partial charge < -0.3 is 35.1 Å². The van der Waals surface area contributed by atoms with Gasteiger partial charge in [-0.2, -0.15) is 0 Å². The van der Waals surface area contributed by atoms with Crippen LogP contribution in [0.5, 0.6) is 0 Å². The van der Waals surface area contributed by atoms with Gasteiger partial charge in [-0.25, -0.2) is 0 Å². The molecule has 1 aromatic rings. The van der Waals surface area contributed by atoms with Crippen LogP contribution in [-0.4, -0.2) is 76.6 Å². The van der Waals surface area contributed by atoms with Crippen LogP contribution in [0.3, 0.4) is 0 Å². The van der Waals surface area contributed by atoms with Crippen LogP contribution in [0.15, 0.2) is 23.4 Å². The van der Waals surface area contributed by atoms with Crippen molar-refractivity contribution in [2.45, 2.75) is 64.8 Å². The fourth-order valence-electron chi connectivity index (χ4n) is 3.79. The van der Waals surface area contributed by atoms with Crippen LogP contribution < -0.4 is 10.2 Å². The standard InChI is InChI=1S/C22H31N3O7/c1-11(2)7-8-25-15-6-5-12(3)9-14(15)17(21(25)30)24-32-22-18(23-13(4)27)20(29)19(28)16(10-26)31-22/h5-6,9,11,16,18-20,22,26,28-29H,7-8,10H2,1-4H3,(H,23,27)/b24-17-/t16-,18+,19+,20-,22+/m0/s1. The molecule has 1 fully saturated rings. The number of carbonyl (C=O) groups excluding carboxylic acids is 2. The largest absolute Gasteiger partial charge is 0.394 e. The van der Waals surface area contributed by atoms with Crippen molar-refractivity contribution in [2.75, 3.05) is 18.1 Å². The van der Waals surface area contributed by atoms with Gasteiger partial charge in [0.05, 0.1) is 12.3 Å². The van der Waals surface area contributed by atoms with E-state index >= 15 is 0 Å². The Hall–Kier alpha value is -2.53. The van der Waals surface area contributed by atoms with Crippen molar-refractivity contribution >= 4 is 23.2 Å². The molecule has 1 aromatic carbocycles. The maximum absolute atomic E-state index is 13.1. The van der Waals surface area contributed by atoms with Gasteiger partial charge in [0.25, 0.3) is 5.91 Å². The van der Waals surface area contributed by atoms with E-state index in [2.05, 4.69) is 24.3 Å². The number of rotatable bonds is 7. The average molecular weight is 450 g/mol. The first-order chi connectivity index (χ1) is 15.1. The van der Waals surface area contributed by atoms with E-state index in [4.69, 9.17) is 9.57 Å². The van der Waals surface area contributed by atoms with Gasteiger partial charge in [-0.3, -0.25) is 9.59 Å². The molecule has 2 heterocycles. The summed E-state index contributed by atoms with van der Waals surface area (Å²) in [6.07, 6.45) is -4.56. The monoisotopic (exact) mass is 449 g/mol. The molecule has 0 bridgehead atoms. The van der Waals surface area contributed by atoms with Crippen LogP contribution >= 0.6 is 0 Å². The van der Waals surface area contributed by atoms with Gasteiger partial charge in [-0.1, -0.05) is 30.6 Å². The SMILES string of the molecule is CC(=O)N[C@H]1[C@@H](O/N=C2\C(=O)N(CCC(C)C)c3ccc(C)cc32)O[C@@H](CO)[C@@H](O)[C@H]1O. The molecule has 0 spiro atoms. The highest BCUT2D eigenvalue weighted by molar-refractivity contribution is 6.54. The number of aryl methyl sites for hydroxylation is 1. The minimum atomic E-state index is -1.47. The minimum Gasteiger partial charge on any atom is -0.394 e. The van der Waals surface area contributed by atoms with Crippen molar-refractivity contribution in [3.05, 3.63) is 29.3 Å². The van der Waals surface area contributed by atoms with Crippen molar-refractivity contribution in [3.8, 4) is 0 Å². The Morgan fingerprint density at radius 2 is 2.03 bits per heavy atom. The van der Waals surface area contributed by atoms with Crippen LogP contribution in [0, 0.1) is 12.8 Å². The number of anilines is 1. The molecule has 0 aromatic heterocycles. The lowest BCUT2D eigenvalue weighted by Gasteiger charge is -2.40. The Balaban J connectivity index is 1.89. The van der Waals surface area contributed by atoms with Crippen LogP contribution in [0.25, 0.3) is 0 Å². The number of amides is 2. The molecule has 2 aliphatic heterocycles. The first-order valence-electron chi connectivity index (χ1n) is 10.7. The van der Waals surface area contributed by atoms with E-state index in [-0.39, 0.29) is 11.6 Å². The topological polar surface area (TPSA) is 141 Å². The normalized spacial score (nSPS) is 28.9. The van der Waals surface area contributed by atoms with Crippen molar-refractivity contribution in [1.82, 2.24) is 5.32 Å². The molecule has 0 saturated carbocycles. The number of hydrogen-bond donors (Lipinski definition) is 4. The smallest absolute Gasteiger partial charge is 0.281 e. The molecular formula is C22H31N3O7. The lowest BCUT2D eigenvalue weighted by molar-refractivity contribution is -0.270. The summed E-state index contributed by atoms with van der Waals surface area (Å²) >= 11 is 0. The number of ether oxygens (including phenoxy) is 1. The summed E-state index contributed by atoms with van der Waals surface area (Å²) in [5.74, 6) is -0.393. The molecule has 5 atom stereocenters. The van der Waals surface area contributed by atoms with E-state index in [1.54, 1.807) is 4.90 Å². The third-order valence-corrected chi connectivity index (χ3v) is 5.57. The Morgan fingerprint density at radius 1 is 1.31 bits per heavy atom. The molecule has 0 radical (unpaired) electrons. The summed E-state index contributed by atoms with van der Waals surface area (Å²) in [6.45, 7) is 7.25. The Morgan fingerprint density at radius 3 is 2.66 bits per heavy atom. The Kier molecular flexibility index (Phi) is 7.50. The third-order valence-electron chi connectivity index (χ3n) is 5.57. The predicted molar refractivity (Wildman–Crippen MR) is 116 cm³/mol. The molecule has 4 N–H and O–H groups in total. The summed E-state index contributed by atoms with van der Waals surface area (Å²) in [5.41, 5.74) is 2.37. The van der Waals surface area contributed by atoms with E-state index < -0.39 is 43.2 Å². The second kappa shape index (κ2) is 9.95. The van der Waals surface area contributed by atoms with Gasteiger partial charge in [0.2, 0.25) is 12.2 Å². The van der Waals surface area contributed by atoms with Crippen molar-refractivity contribution in [1.29, 1.82) is 0 Å². The number of benzene rings is 1. The van der Waals surface area contributed by atoms with E-state index in [1.807, 2.05) is 25.1 Å². The van der Waals surface area contributed by atoms with Crippen LogP contribution in [0.2, 0.25) is 0 Å². The van der Waals surface area contributed by atoms with Gasteiger partial charge in [0.1, 0.15) is 24.4 Å². The quantitative estimate of drug-likeness (QED) is 0.431. The zero-order valence-corrected chi connectivity index (χ0v) is 18.7. The summed E-state index contributed by atoms with van der Waals surface area (Å²) in [5, 5.41) is 36.5. The number of fused-ring (bicyclic) bond motifs is 1. The summed E-state index contributed by atoms with van der Waals surface area (Å²) < 4.78 is 5.52. The summed E-state index contributed by atoms with van der Waals surface area (Å²) in [7, 11) is 0. The first-order valence-corrected chi connectivity index (χ1v) is 10.7. The van der Waals surface area contributed by atoms with E-state index in [0.29, 0.717) is 18.0 Å². The highest BCUT2D eigenvalue weighted by Crippen LogP contribution is 2.31. The van der Waals surface area contributed by atoms with Crippen molar-refractivity contribution in [3.63, 3.8) is 0 Å². The lowest BCUT2D eigenvalue weighted by Crippen LogP contribution is -2.64. The number of nitrogens with one attached hydrogen (secondary N) is 1. The van der Waals surface area contributed by atoms with Crippen LogP contribution in [0.4, 0.5) is 5.69 Å². The third kappa shape index (κ3) is 4.93. The van der Waals surface area contributed by atoms with Crippen LogP contribution in [0.1, 0.15) is 38.3 Å². The van der Waals surface area contributed by atoms with Gasteiger partial charge in [0, 0.05) is 19.0 Å². The zero-order chi connectivity index (χ0) is 23.6. The predicted octanol–water partition coefficient (Wildman–Crippen LogP) is 0.0521. The second-order valence-corrected chi connectivity index (χ2v) is 8.64. The van der Waals surface area contributed by atoms with Crippen LogP contribution in [-0.2, 0) is 19.2 Å². The lowest BCUT2D eigenvalue weighted by atomic mass is 9.97. The van der Waals surface area contributed by atoms with E-state index in [9.17, 15) is 24.9 Å². The summed E-state index contributed by atoms with van der Waals surface area (Å²) in [6, 6.07) is 4.47. The molecule has 176 valence electrons. The molecule has 10 heteroatoms.